The largest absolute Gasteiger partial charge is 0.386 e. The fourth-order valence-corrected chi connectivity index (χ4v) is 2.45. The zero-order valence-electron chi connectivity index (χ0n) is 13.2. The quantitative estimate of drug-likeness (QED) is 0.639. The van der Waals surface area contributed by atoms with Crippen LogP contribution in [0.2, 0.25) is 5.02 Å². The van der Waals surface area contributed by atoms with Gasteiger partial charge < -0.3 is 10.4 Å². The van der Waals surface area contributed by atoms with Crippen LogP contribution in [0.25, 0.3) is 0 Å². The maximum absolute atomic E-state index is 12.3. The molecule has 0 bridgehead atoms. The lowest BCUT2D eigenvalue weighted by atomic mass is 10.0. The van der Waals surface area contributed by atoms with Gasteiger partial charge in [-0.3, -0.25) is 14.9 Å². The number of rotatable bonds is 5. The average molecular weight is 349 g/mol. The van der Waals surface area contributed by atoms with E-state index in [2.05, 4.69) is 5.32 Å². The van der Waals surface area contributed by atoms with E-state index in [1.807, 2.05) is 0 Å². The number of amides is 1. The van der Waals surface area contributed by atoms with Crippen molar-refractivity contribution < 1.29 is 14.8 Å². The normalized spacial score (nSPS) is 13.2. The Bertz CT molecular complexity index is 762. The zero-order valence-corrected chi connectivity index (χ0v) is 13.9. The third kappa shape index (κ3) is 4.10. The number of hydrogen-bond acceptors (Lipinski definition) is 4. The van der Waals surface area contributed by atoms with Crippen LogP contribution in [0, 0.1) is 17.0 Å². The van der Waals surface area contributed by atoms with Gasteiger partial charge in [-0.05, 0) is 43.2 Å². The van der Waals surface area contributed by atoms with Crippen LogP contribution in [0.4, 0.5) is 5.69 Å². The minimum atomic E-state index is -0.899. The molecule has 0 heterocycles. The van der Waals surface area contributed by atoms with Crippen molar-refractivity contribution in [1.82, 2.24) is 5.32 Å². The van der Waals surface area contributed by atoms with E-state index in [4.69, 9.17) is 11.6 Å². The molecular formula is C17H17ClN2O4. The van der Waals surface area contributed by atoms with Gasteiger partial charge in [-0.15, -0.1) is 0 Å². The van der Waals surface area contributed by atoms with E-state index in [0.717, 1.165) is 0 Å². The fourth-order valence-electron chi connectivity index (χ4n) is 2.33. The molecule has 2 N–H and O–H groups in total. The number of nitrogens with one attached hydrogen (secondary N) is 1. The van der Waals surface area contributed by atoms with Crippen LogP contribution >= 0.6 is 11.6 Å². The number of nitro benzene ring substituents is 1. The van der Waals surface area contributed by atoms with Gasteiger partial charge in [-0.1, -0.05) is 23.7 Å². The number of carbonyl (C=O) groups excluding carboxylic acids is 1. The van der Waals surface area contributed by atoms with Gasteiger partial charge in [0.15, 0.2) is 0 Å². The summed E-state index contributed by atoms with van der Waals surface area (Å²) in [5.41, 5.74) is 1.39. The Morgan fingerprint density at radius 1 is 1.25 bits per heavy atom. The number of non-ortho nitro benzene ring substituents is 1. The average Bonchev–Trinajstić information content (AvgIpc) is 2.54. The van der Waals surface area contributed by atoms with E-state index in [1.54, 1.807) is 38.1 Å². The number of nitrogens with zero attached hydrogens (tertiary/aromatic N) is 1. The lowest BCUT2D eigenvalue weighted by Crippen LogP contribution is -2.37. The first-order valence-electron chi connectivity index (χ1n) is 7.29. The van der Waals surface area contributed by atoms with Gasteiger partial charge in [0, 0.05) is 22.7 Å². The van der Waals surface area contributed by atoms with Crippen LogP contribution in [0.15, 0.2) is 42.5 Å². The van der Waals surface area contributed by atoms with E-state index in [0.29, 0.717) is 21.7 Å². The van der Waals surface area contributed by atoms with Crippen molar-refractivity contribution in [2.24, 2.45) is 0 Å². The Labute approximate surface area is 144 Å². The third-order valence-corrected chi connectivity index (χ3v) is 3.96. The van der Waals surface area contributed by atoms with E-state index in [1.165, 1.54) is 18.2 Å². The number of aliphatic hydroxyl groups is 1. The van der Waals surface area contributed by atoms with Crippen molar-refractivity contribution in [1.29, 1.82) is 0 Å². The van der Waals surface area contributed by atoms with Crippen molar-refractivity contribution in [2.75, 3.05) is 0 Å². The molecule has 0 saturated carbocycles. The van der Waals surface area contributed by atoms with Gasteiger partial charge in [0.1, 0.15) is 0 Å². The molecule has 0 spiro atoms. The summed E-state index contributed by atoms with van der Waals surface area (Å²) < 4.78 is 0. The number of aliphatic hydroxyl groups excluding tert-OH is 1. The molecule has 2 atom stereocenters. The van der Waals surface area contributed by atoms with Crippen LogP contribution in [-0.2, 0) is 0 Å². The predicted octanol–water partition coefficient (Wildman–Crippen LogP) is 3.41. The molecule has 0 radical (unpaired) electrons. The van der Waals surface area contributed by atoms with Crippen molar-refractivity contribution in [3.05, 3.63) is 74.3 Å². The molecule has 0 fully saturated rings. The van der Waals surface area contributed by atoms with Crippen LogP contribution in [-0.4, -0.2) is 22.0 Å². The summed E-state index contributed by atoms with van der Waals surface area (Å²) in [6.45, 7) is 3.31. The first kappa shape index (κ1) is 17.9. The molecule has 6 nitrogen and oxygen atoms in total. The van der Waals surface area contributed by atoms with Crippen molar-refractivity contribution in [3.63, 3.8) is 0 Å². The van der Waals surface area contributed by atoms with E-state index in [9.17, 15) is 20.0 Å². The first-order valence-corrected chi connectivity index (χ1v) is 7.67. The van der Waals surface area contributed by atoms with Gasteiger partial charge in [0.05, 0.1) is 17.1 Å². The highest BCUT2D eigenvalue weighted by molar-refractivity contribution is 6.30. The molecule has 24 heavy (non-hydrogen) atoms. The smallest absolute Gasteiger partial charge is 0.269 e. The topological polar surface area (TPSA) is 92.5 Å². The zero-order chi connectivity index (χ0) is 17.9. The number of aryl methyl sites for hydroxylation is 1. The second-order valence-corrected chi connectivity index (χ2v) is 5.95. The van der Waals surface area contributed by atoms with Crippen molar-refractivity contribution >= 4 is 23.2 Å². The highest BCUT2D eigenvalue weighted by Crippen LogP contribution is 2.21. The SMILES string of the molecule is Cc1cc([N+](=O)[O-])ccc1C(=O)NC(C)C(O)c1ccc(Cl)cc1. The molecule has 2 rings (SSSR count). The first-order chi connectivity index (χ1) is 11.3. The molecule has 7 heteroatoms. The summed E-state index contributed by atoms with van der Waals surface area (Å²) in [5, 5.41) is 24.3. The number of halogens is 1. The summed E-state index contributed by atoms with van der Waals surface area (Å²) in [5.74, 6) is -0.400. The second kappa shape index (κ2) is 7.42. The highest BCUT2D eigenvalue weighted by atomic mass is 35.5. The lowest BCUT2D eigenvalue weighted by molar-refractivity contribution is -0.384. The van der Waals surface area contributed by atoms with Gasteiger partial charge in [0.25, 0.3) is 11.6 Å². The highest BCUT2D eigenvalue weighted by Gasteiger charge is 2.20. The van der Waals surface area contributed by atoms with E-state index < -0.39 is 23.0 Å². The fraction of sp³-hybridized carbons (Fsp3) is 0.235. The van der Waals surface area contributed by atoms with Crippen LogP contribution in [0.3, 0.4) is 0 Å². The number of carbonyl (C=O) groups is 1. The Morgan fingerprint density at radius 3 is 2.42 bits per heavy atom. The molecule has 0 aliphatic carbocycles. The monoisotopic (exact) mass is 348 g/mol. The van der Waals surface area contributed by atoms with Crippen molar-refractivity contribution in [2.45, 2.75) is 26.0 Å². The summed E-state index contributed by atoms with van der Waals surface area (Å²) in [4.78, 5) is 22.6. The molecule has 0 aliphatic heterocycles. The number of hydrogen-bond donors (Lipinski definition) is 2. The Kier molecular flexibility index (Phi) is 5.54. The predicted molar refractivity (Wildman–Crippen MR) is 91.2 cm³/mol. The summed E-state index contributed by atoms with van der Waals surface area (Å²) in [6.07, 6.45) is -0.899. The third-order valence-electron chi connectivity index (χ3n) is 3.71. The standard InChI is InChI=1S/C17H17ClN2O4/c1-10-9-14(20(23)24)7-8-15(10)17(22)19-11(2)16(21)12-3-5-13(18)6-4-12/h3-9,11,16,21H,1-2H3,(H,19,22). The van der Waals surface area contributed by atoms with Gasteiger partial charge >= 0.3 is 0 Å². The molecule has 2 aromatic rings. The van der Waals surface area contributed by atoms with E-state index >= 15 is 0 Å². The Balaban J connectivity index is 2.11. The minimum absolute atomic E-state index is 0.0710. The number of nitro groups is 1. The Morgan fingerprint density at radius 2 is 1.88 bits per heavy atom. The maximum atomic E-state index is 12.3. The molecule has 2 aromatic carbocycles. The summed E-state index contributed by atoms with van der Waals surface area (Å²) in [6, 6.07) is 10.2. The maximum Gasteiger partial charge on any atom is 0.269 e. The molecular weight excluding hydrogens is 332 g/mol. The van der Waals surface area contributed by atoms with Gasteiger partial charge in [0.2, 0.25) is 0 Å². The van der Waals surface area contributed by atoms with Gasteiger partial charge in [-0.2, -0.15) is 0 Å². The lowest BCUT2D eigenvalue weighted by Gasteiger charge is -2.21. The van der Waals surface area contributed by atoms with Gasteiger partial charge in [-0.25, -0.2) is 0 Å². The van der Waals surface area contributed by atoms with Crippen LogP contribution in [0.1, 0.15) is 34.5 Å². The molecule has 0 aromatic heterocycles. The molecule has 0 saturated heterocycles. The molecule has 0 aliphatic rings. The molecule has 1 amide bonds. The summed E-state index contributed by atoms with van der Waals surface area (Å²) >= 11 is 5.81. The summed E-state index contributed by atoms with van der Waals surface area (Å²) in [7, 11) is 0. The Hall–Kier alpha value is -2.44. The second-order valence-electron chi connectivity index (χ2n) is 5.51. The van der Waals surface area contributed by atoms with Crippen LogP contribution < -0.4 is 5.32 Å². The van der Waals surface area contributed by atoms with E-state index in [-0.39, 0.29) is 5.69 Å². The van der Waals surface area contributed by atoms with Crippen molar-refractivity contribution in [3.8, 4) is 0 Å². The molecule has 2 unspecified atom stereocenters. The molecule has 126 valence electrons. The number of benzene rings is 2. The minimum Gasteiger partial charge on any atom is -0.386 e. The van der Waals surface area contributed by atoms with Crippen LogP contribution in [0.5, 0.6) is 0 Å².